The predicted molar refractivity (Wildman–Crippen MR) is 95.0 cm³/mol. The molecule has 0 unspecified atom stereocenters. The number of Topliss-reactive ketones (excluding diaryl/α,β-unsaturated/α-hetero) is 1. The van der Waals surface area contributed by atoms with Crippen LogP contribution < -0.4 is 5.01 Å². The molecule has 1 aliphatic heterocycles. The Morgan fingerprint density at radius 2 is 1.76 bits per heavy atom. The van der Waals surface area contributed by atoms with E-state index in [4.69, 9.17) is 0 Å². The number of esters is 1. The van der Waals surface area contributed by atoms with Gasteiger partial charge in [0.15, 0.2) is 5.04 Å². The fraction of sp³-hybridized carbons (Fsp3) is 0.111. The van der Waals surface area contributed by atoms with Gasteiger partial charge in [0.25, 0.3) is 0 Å². The van der Waals surface area contributed by atoms with Crippen LogP contribution in [0.15, 0.2) is 58.5 Å². The van der Waals surface area contributed by atoms with Gasteiger partial charge in [0.05, 0.1) is 18.4 Å². The van der Waals surface area contributed by atoms with Gasteiger partial charge in [-0.15, -0.1) is 0 Å². The first-order chi connectivity index (χ1) is 12.0. The van der Waals surface area contributed by atoms with Crippen molar-refractivity contribution < 1.29 is 19.1 Å². The van der Waals surface area contributed by atoms with Crippen LogP contribution in [0.3, 0.4) is 0 Å². The van der Waals surface area contributed by atoms with Crippen LogP contribution in [0, 0.1) is 0 Å². The number of hydrogen-bond acceptors (Lipinski definition) is 6. The second-order valence-electron chi connectivity index (χ2n) is 5.20. The number of hydrogen-bond donors (Lipinski definition) is 0. The Morgan fingerprint density at radius 3 is 2.36 bits per heavy atom. The second kappa shape index (κ2) is 6.90. The number of amides is 1. The van der Waals surface area contributed by atoms with Gasteiger partial charge < -0.3 is 4.74 Å². The molecule has 126 valence electrons. The Morgan fingerprint density at radius 1 is 1.08 bits per heavy atom. The highest BCUT2D eigenvalue weighted by Gasteiger charge is 2.28. The van der Waals surface area contributed by atoms with Gasteiger partial charge in [0.2, 0.25) is 11.7 Å². The molecule has 0 N–H and O–H groups in total. The van der Waals surface area contributed by atoms with Gasteiger partial charge in [-0.25, -0.2) is 4.79 Å². The Balaban J connectivity index is 1.92. The molecule has 0 saturated carbocycles. The first kappa shape index (κ1) is 16.9. The summed E-state index contributed by atoms with van der Waals surface area (Å²) < 4.78 is 4.65. The fourth-order valence-corrected chi connectivity index (χ4v) is 3.28. The van der Waals surface area contributed by atoms with Crippen molar-refractivity contribution in [3.63, 3.8) is 0 Å². The summed E-state index contributed by atoms with van der Waals surface area (Å²) in [6, 6.07) is 13.4. The highest BCUT2D eigenvalue weighted by Crippen LogP contribution is 2.33. The van der Waals surface area contributed by atoms with E-state index in [9.17, 15) is 14.4 Å². The van der Waals surface area contributed by atoms with Gasteiger partial charge in [-0.05, 0) is 36.4 Å². The molecule has 25 heavy (non-hydrogen) atoms. The molecule has 1 aliphatic rings. The summed E-state index contributed by atoms with van der Waals surface area (Å²) in [5.41, 5.74) is 1.40. The molecule has 6 nitrogen and oxygen atoms in total. The standard InChI is InChI=1S/C18H14N2O4S/c1-11(21)20(13-9-7-12(8-10-13)18(23)24-2)19-17-16(22)14-5-3-4-6-15(14)25-17/h3-10H,1-2H3. The lowest BCUT2D eigenvalue weighted by atomic mass is 10.1. The second-order valence-corrected chi connectivity index (χ2v) is 6.23. The van der Waals surface area contributed by atoms with Crippen LogP contribution in [0.1, 0.15) is 27.6 Å². The number of methoxy groups -OCH3 is 1. The Bertz CT molecular complexity index is 890. The smallest absolute Gasteiger partial charge is 0.337 e. The third-order valence-corrected chi connectivity index (χ3v) is 4.59. The molecule has 0 saturated heterocycles. The maximum atomic E-state index is 12.4. The van der Waals surface area contributed by atoms with Gasteiger partial charge in [0, 0.05) is 17.4 Å². The third-order valence-electron chi connectivity index (χ3n) is 3.55. The maximum absolute atomic E-state index is 12.4. The average molecular weight is 354 g/mol. The van der Waals surface area contributed by atoms with Crippen LogP contribution in [0.5, 0.6) is 0 Å². The minimum absolute atomic E-state index is 0.210. The van der Waals surface area contributed by atoms with Crippen molar-refractivity contribution in [2.75, 3.05) is 12.1 Å². The number of benzene rings is 2. The minimum Gasteiger partial charge on any atom is -0.465 e. The van der Waals surface area contributed by atoms with E-state index in [-0.39, 0.29) is 16.7 Å². The van der Waals surface area contributed by atoms with E-state index in [1.54, 1.807) is 24.3 Å². The zero-order valence-electron chi connectivity index (χ0n) is 13.6. The summed E-state index contributed by atoms with van der Waals surface area (Å²) in [4.78, 5) is 36.7. The normalized spacial score (nSPS) is 14.3. The van der Waals surface area contributed by atoms with Crippen LogP contribution in [0.2, 0.25) is 0 Å². The summed E-state index contributed by atoms with van der Waals surface area (Å²) in [6.07, 6.45) is 0. The van der Waals surface area contributed by atoms with Crippen LogP contribution in [-0.4, -0.2) is 29.8 Å². The Labute approximate surface area is 148 Å². The van der Waals surface area contributed by atoms with Crippen LogP contribution in [-0.2, 0) is 9.53 Å². The number of anilines is 1. The predicted octanol–water partition coefficient (Wildman–Crippen LogP) is 3.13. The number of carbonyl (C=O) groups excluding carboxylic acids is 3. The summed E-state index contributed by atoms with van der Waals surface area (Å²) in [7, 11) is 1.30. The summed E-state index contributed by atoms with van der Waals surface area (Å²) in [6.45, 7) is 1.36. The van der Waals surface area contributed by atoms with Gasteiger partial charge in [-0.1, -0.05) is 23.9 Å². The summed E-state index contributed by atoms with van der Waals surface area (Å²) >= 11 is 1.23. The van der Waals surface area contributed by atoms with Crippen molar-refractivity contribution in [2.45, 2.75) is 11.8 Å². The monoisotopic (exact) mass is 354 g/mol. The molecule has 1 amide bonds. The zero-order chi connectivity index (χ0) is 18.0. The number of hydrazone groups is 1. The minimum atomic E-state index is -0.468. The van der Waals surface area contributed by atoms with Crippen molar-refractivity contribution in [3.8, 4) is 0 Å². The molecule has 2 aromatic carbocycles. The van der Waals surface area contributed by atoms with E-state index >= 15 is 0 Å². The topological polar surface area (TPSA) is 76.0 Å². The number of ketones is 1. The quantitative estimate of drug-likeness (QED) is 0.625. The number of ether oxygens (including phenoxy) is 1. The number of fused-ring (bicyclic) bond motifs is 1. The molecule has 0 aliphatic carbocycles. The van der Waals surface area contributed by atoms with E-state index in [2.05, 4.69) is 9.84 Å². The Hall–Kier alpha value is -2.93. The molecule has 1 heterocycles. The molecule has 7 heteroatoms. The van der Waals surface area contributed by atoms with Crippen molar-refractivity contribution >= 4 is 40.2 Å². The van der Waals surface area contributed by atoms with Crippen molar-refractivity contribution in [1.82, 2.24) is 0 Å². The highest BCUT2D eigenvalue weighted by atomic mass is 32.2. The van der Waals surface area contributed by atoms with Crippen molar-refractivity contribution in [3.05, 3.63) is 59.7 Å². The lowest BCUT2D eigenvalue weighted by molar-refractivity contribution is -0.116. The molecule has 0 atom stereocenters. The highest BCUT2D eigenvalue weighted by molar-refractivity contribution is 8.16. The number of thioether (sulfide) groups is 1. The third kappa shape index (κ3) is 3.32. The van der Waals surface area contributed by atoms with Gasteiger partial charge in [-0.3, -0.25) is 9.59 Å². The molecule has 0 radical (unpaired) electrons. The number of rotatable bonds is 3. The zero-order valence-corrected chi connectivity index (χ0v) is 14.4. The van der Waals surface area contributed by atoms with Gasteiger partial charge in [-0.2, -0.15) is 10.1 Å². The average Bonchev–Trinajstić information content (AvgIpc) is 2.95. The van der Waals surface area contributed by atoms with E-state index in [1.165, 1.54) is 37.9 Å². The molecule has 0 aromatic heterocycles. The molecule has 2 aromatic rings. The van der Waals surface area contributed by atoms with E-state index in [0.717, 1.165) is 9.90 Å². The lowest BCUT2D eigenvalue weighted by Gasteiger charge is -2.16. The number of nitrogens with zero attached hydrogens (tertiary/aromatic N) is 2. The summed E-state index contributed by atoms with van der Waals surface area (Å²) in [5, 5.41) is 5.61. The van der Waals surface area contributed by atoms with Gasteiger partial charge >= 0.3 is 5.97 Å². The maximum Gasteiger partial charge on any atom is 0.337 e. The van der Waals surface area contributed by atoms with Gasteiger partial charge in [0.1, 0.15) is 0 Å². The van der Waals surface area contributed by atoms with E-state index < -0.39 is 5.97 Å². The molecular formula is C18H14N2O4S. The fourth-order valence-electron chi connectivity index (χ4n) is 2.33. The Kier molecular flexibility index (Phi) is 4.67. The van der Waals surface area contributed by atoms with Crippen LogP contribution in [0.4, 0.5) is 5.69 Å². The largest absolute Gasteiger partial charge is 0.465 e. The molecule has 0 bridgehead atoms. The SMILES string of the molecule is COC(=O)c1ccc(N(N=C2Sc3ccccc3C2=O)C(C)=O)cc1. The summed E-state index contributed by atoms with van der Waals surface area (Å²) in [5.74, 6) is -1.02. The lowest BCUT2D eigenvalue weighted by Crippen LogP contribution is -2.25. The van der Waals surface area contributed by atoms with Crippen LogP contribution >= 0.6 is 11.8 Å². The molecule has 3 rings (SSSR count). The van der Waals surface area contributed by atoms with Crippen molar-refractivity contribution in [2.24, 2.45) is 5.10 Å². The van der Waals surface area contributed by atoms with Crippen molar-refractivity contribution in [1.29, 1.82) is 0 Å². The van der Waals surface area contributed by atoms with E-state index in [0.29, 0.717) is 16.8 Å². The van der Waals surface area contributed by atoms with Crippen LogP contribution in [0.25, 0.3) is 0 Å². The molecule has 0 spiro atoms. The van der Waals surface area contributed by atoms with E-state index in [1.807, 2.05) is 12.1 Å². The first-order valence-corrected chi connectivity index (χ1v) is 8.22. The first-order valence-electron chi connectivity index (χ1n) is 7.40. The molecular weight excluding hydrogens is 340 g/mol. The number of carbonyl (C=O) groups is 3. The molecule has 0 fully saturated rings.